The fraction of sp³-hybridized carbons (Fsp3) is 0.571. The number of carbonyl (C=O) groups excluding carboxylic acids is 1. The first-order valence-electron chi connectivity index (χ1n) is 9.07. The van der Waals surface area contributed by atoms with E-state index in [9.17, 15) is 4.79 Å². The summed E-state index contributed by atoms with van der Waals surface area (Å²) >= 11 is 0. The van der Waals surface area contributed by atoms with Crippen molar-refractivity contribution in [1.82, 2.24) is 0 Å². The quantitative estimate of drug-likeness (QED) is 0.448. The van der Waals surface area contributed by atoms with Gasteiger partial charge >= 0.3 is 5.97 Å². The van der Waals surface area contributed by atoms with Gasteiger partial charge in [-0.1, -0.05) is 38.5 Å². The summed E-state index contributed by atoms with van der Waals surface area (Å²) in [7, 11) is 0.346. The number of fused-ring (bicyclic) bond motifs is 2. The van der Waals surface area contributed by atoms with Crippen LogP contribution in [0.3, 0.4) is 0 Å². The third-order valence-electron chi connectivity index (χ3n) is 5.11. The molecule has 130 valence electrons. The van der Waals surface area contributed by atoms with Gasteiger partial charge in [0.25, 0.3) is 0 Å². The molecule has 2 saturated heterocycles. The average molecular weight is 346 g/mol. The Balaban J connectivity index is 1.75. The summed E-state index contributed by atoms with van der Waals surface area (Å²) in [5.41, 5.74) is 2.92. The molecule has 0 N–H and O–H groups in total. The minimum atomic E-state index is -0.164. The Morgan fingerprint density at radius 2 is 1.75 bits per heavy atom. The molecule has 2 aliphatic heterocycles. The van der Waals surface area contributed by atoms with E-state index in [0.29, 0.717) is 28.0 Å². The lowest BCUT2D eigenvalue weighted by Gasteiger charge is -2.25. The van der Waals surface area contributed by atoms with Crippen LogP contribution in [0.15, 0.2) is 40.8 Å². The van der Waals surface area contributed by atoms with Crippen LogP contribution in [0.5, 0.6) is 0 Å². The minimum absolute atomic E-state index is 0.164. The van der Waals surface area contributed by atoms with Crippen molar-refractivity contribution < 1.29 is 9.53 Å². The highest BCUT2D eigenvalue weighted by Gasteiger charge is 2.50. The van der Waals surface area contributed by atoms with E-state index >= 15 is 0 Å². The minimum Gasteiger partial charge on any atom is -0.463 e. The predicted molar refractivity (Wildman–Crippen MR) is 102 cm³/mol. The van der Waals surface area contributed by atoms with Gasteiger partial charge in [0, 0.05) is 42.7 Å². The van der Waals surface area contributed by atoms with Gasteiger partial charge in [-0.3, -0.25) is 0 Å². The Labute approximate surface area is 149 Å². The Morgan fingerprint density at radius 1 is 1.17 bits per heavy atom. The summed E-state index contributed by atoms with van der Waals surface area (Å²) in [5.74, 6) is -0.164. The molecule has 2 heterocycles. The van der Waals surface area contributed by atoms with Gasteiger partial charge in [-0.2, -0.15) is 0 Å². The number of hydrogen-bond acceptors (Lipinski definition) is 2. The molecule has 0 radical (unpaired) electrons. The maximum absolute atomic E-state index is 11.7. The Kier molecular flexibility index (Phi) is 5.10. The topological polar surface area (TPSA) is 26.3 Å². The molecule has 1 aromatic carbocycles. The zero-order valence-corrected chi connectivity index (χ0v) is 16.1. The monoisotopic (exact) mass is 345 g/mol. The number of benzene rings is 1. The predicted octanol–water partition coefficient (Wildman–Crippen LogP) is 4.78. The fourth-order valence-electron chi connectivity index (χ4n) is 3.92. The molecule has 2 fully saturated rings. The molecule has 24 heavy (non-hydrogen) atoms. The van der Waals surface area contributed by atoms with E-state index in [1.165, 1.54) is 28.9 Å². The molecule has 1 aromatic rings. The maximum Gasteiger partial charge on any atom is 0.330 e. The lowest BCUT2D eigenvalue weighted by Crippen LogP contribution is -2.30. The highest BCUT2D eigenvalue weighted by atomic mass is 32.2. The number of allylic oxidation sites excluding steroid dienone is 1. The molecule has 2 atom stereocenters. The van der Waals surface area contributed by atoms with Crippen LogP contribution in [0.25, 0.3) is 0 Å². The molecule has 0 saturated carbocycles. The van der Waals surface area contributed by atoms with Gasteiger partial charge in [0.15, 0.2) is 4.90 Å². The number of hydrogen-bond donors (Lipinski definition) is 0. The van der Waals surface area contributed by atoms with Crippen LogP contribution in [0.1, 0.15) is 58.9 Å². The Hall–Kier alpha value is -1.22. The van der Waals surface area contributed by atoms with Crippen LogP contribution in [0.2, 0.25) is 0 Å². The standard InChI is InChI=1S/C21H29O2S/c1-5-23-20(22)14-15-12-18-10-11-19(13-15)24(18)17-8-6-16(7-9-17)21(2,3)4/h6-9,14,18-19H,5,10-13H2,1-4H3/q+1. The van der Waals surface area contributed by atoms with Gasteiger partial charge in [0.2, 0.25) is 0 Å². The number of carbonyl (C=O) groups is 1. The maximum atomic E-state index is 11.7. The van der Waals surface area contributed by atoms with Crippen molar-refractivity contribution in [2.24, 2.45) is 0 Å². The van der Waals surface area contributed by atoms with E-state index in [2.05, 4.69) is 45.0 Å². The second-order valence-electron chi connectivity index (χ2n) is 7.93. The third-order valence-corrected chi connectivity index (χ3v) is 8.17. The van der Waals surface area contributed by atoms with Gasteiger partial charge in [-0.25, -0.2) is 4.79 Å². The summed E-state index contributed by atoms with van der Waals surface area (Å²) in [6, 6.07) is 9.33. The summed E-state index contributed by atoms with van der Waals surface area (Å²) in [5, 5.41) is 1.43. The SMILES string of the molecule is CCOC(=O)C=C1CC2CCC(C1)[S+]2c1ccc(C(C)(C)C)cc1. The van der Waals surface area contributed by atoms with E-state index in [1.54, 1.807) is 6.08 Å². The van der Waals surface area contributed by atoms with Crippen molar-refractivity contribution in [2.75, 3.05) is 6.61 Å². The molecule has 2 aliphatic rings. The van der Waals surface area contributed by atoms with Crippen molar-refractivity contribution in [2.45, 2.75) is 74.2 Å². The molecule has 3 rings (SSSR count). The second-order valence-corrected chi connectivity index (χ2v) is 10.5. The molecule has 2 nitrogen and oxygen atoms in total. The molecule has 0 aliphatic carbocycles. The van der Waals surface area contributed by atoms with Crippen molar-refractivity contribution in [3.05, 3.63) is 41.5 Å². The smallest absolute Gasteiger partial charge is 0.330 e. The normalized spacial score (nSPS) is 26.3. The largest absolute Gasteiger partial charge is 0.463 e. The lowest BCUT2D eigenvalue weighted by molar-refractivity contribution is -0.137. The molecule has 2 unspecified atom stereocenters. The number of esters is 1. The molecule has 2 bridgehead atoms. The summed E-state index contributed by atoms with van der Waals surface area (Å²) < 4.78 is 5.08. The number of ether oxygens (including phenoxy) is 1. The molecular formula is C21H29O2S+. The molecule has 0 spiro atoms. The van der Waals surface area contributed by atoms with Crippen LogP contribution in [0, 0.1) is 0 Å². The lowest BCUT2D eigenvalue weighted by atomic mass is 9.87. The summed E-state index contributed by atoms with van der Waals surface area (Å²) in [4.78, 5) is 13.3. The van der Waals surface area contributed by atoms with Crippen molar-refractivity contribution in [1.29, 1.82) is 0 Å². The highest BCUT2D eigenvalue weighted by Crippen LogP contribution is 2.46. The van der Waals surface area contributed by atoms with E-state index < -0.39 is 0 Å². The third kappa shape index (κ3) is 3.72. The second kappa shape index (κ2) is 6.95. The highest BCUT2D eigenvalue weighted by molar-refractivity contribution is 7.98. The van der Waals surface area contributed by atoms with Crippen molar-refractivity contribution >= 4 is 16.9 Å². The molecule has 0 amide bonds. The first-order chi connectivity index (χ1) is 11.4. The zero-order chi connectivity index (χ0) is 17.3. The van der Waals surface area contributed by atoms with E-state index in [0.717, 1.165) is 12.8 Å². The van der Waals surface area contributed by atoms with E-state index in [4.69, 9.17) is 4.74 Å². The van der Waals surface area contributed by atoms with Crippen molar-refractivity contribution in [3.63, 3.8) is 0 Å². The Morgan fingerprint density at radius 3 is 2.25 bits per heavy atom. The van der Waals surface area contributed by atoms with Gasteiger partial charge in [-0.05, 0) is 30.0 Å². The summed E-state index contributed by atoms with van der Waals surface area (Å²) in [6.07, 6.45) is 6.50. The first-order valence-corrected chi connectivity index (χ1v) is 10.4. The number of rotatable bonds is 3. The molecular weight excluding hydrogens is 316 g/mol. The van der Waals surface area contributed by atoms with Gasteiger partial charge in [-0.15, -0.1) is 0 Å². The van der Waals surface area contributed by atoms with Crippen LogP contribution in [-0.4, -0.2) is 23.1 Å². The van der Waals surface area contributed by atoms with Gasteiger partial charge in [0.05, 0.1) is 6.61 Å². The van der Waals surface area contributed by atoms with Gasteiger partial charge < -0.3 is 4.74 Å². The van der Waals surface area contributed by atoms with Crippen LogP contribution < -0.4 is 0 Å². The van der Waals surface area contributed by atoms with Crippen LogP contribution >= 0.6 is 0 Å². The molecule has 0 aromatic heterocycles. The molecule has 3 heteroatoms. The zero-order valence-electron chi connectivity index (χ0n) is 15.3. The van der Waals surface area contributed by atoms with Crippen LogP contribution in [-0.2, 0) is 25.8 Å². The first kappa shape index (κ1) is 17.6. The van der Waals surface area contributed by atoms with Crippen LogP contribution in [0.4, 0.5) is 0 Å². The van der Waals surface area contributed by atoms with E-state index in [-0.39, 0.29) is 11.4 Å². The van der Waals surface area contributed by atoms with E-state index in [1.807, 2.05) is 6.92 Å². The summed E-state index contributed by atoms with van der Waals surface area (Å²) in [6.45, 7) is 9.11. The fourth-order valence-corrected chi connectivity index (χ4v) is 7.25. The average Bonchev–Trinajstić information content (AvgIpc) is 2.78. The Bertz CT molecular complexity index is 608. The van der Waals surface area contributed by atoms with Crippen molar-refractivity contribution in [3.8, 4) is 0 Å². The van der Waals surface area contributed by atoms with Gasteiger partial charge in [0.1, 0.15) is 10.5 Å².